The van der Waals surface area contributed by atoms with E-state index in [0.29, 0.717) is 5.82 Å². The fourth-order valence-electron chi connectivity index (χ4n) is 1.63. The first-order valence-corrected chi connectivity index (χ1v) is 6.52. The van der Waals surface area contributed by atoms with Crippen LogP contribution < -0.4 is 5.32 Å². The molecule has 108 valence electrons. The van der Waals surface area contributed by atoms with E-state index in [4.69, 9.17) is 23.2 Å². The molecule has 1 aromatic heterocycles. The Bertz CT molecular complexity index is 735. The van der Waals surface area contributed by atoms with Gasteiger partial charge in [-0.05, 0) is 24.6 Å². The van der Waals surface area contributed by atoms with Gasteiger partial charge in [0.1, 0.15) is 10.8 Å². The summed E-state index contributed by atoms with van der Waals surface area (Å²) in [6, 6.07) is 5.85. The van der Waals surface area contributed by atoms with Gasteiger partial charge in [-0.1, -0.05) is 29.3 Å². The maximum Gasteiger partial charge on any atom is 0.290 e. The van der Waals surface area contributed by atoms with Crippen LogP contribution in [0.3, 0.4) is 0 Å². The van der Waals surface area contributed by atoms with Crippen molar-refractivity contribution < 1.29 is 9.72 Å². The molecule has 1 N–H and O–H groups in total. The predicted octanol–water partition coefficient (Wildman–Crippen LogP) is 3.86. The first kappa shape index (κ1) is 15.2. The number of amides is 1. The fraction of sp³-hybridized carbons (Fsp3) is 0.0769. The van der Waals surface area contributed by atoms with Crippen LogP contribution in [-0.4, -0.2) is 15.8 Å². The van der Waals surface area contributed by atoms with E-state index in [0.717, 1.165) is 11.6 Å². The van der Waals surface area contributed by atoms with Gasteiger partial charge in [0.25, 0.3) is 11.6 Å². The van der Waals surface area contributed by atoms with Crippen molar-refractivity contribution in [3.8, 4) is 0 Å². The lowest BCUT2D eigenvalue weighted by molar-refractivity contribution is -0.384. The number of halogens is 2. The van der Waals surface area contributed by atoms with Gasteiger partial charge >= 0.3 is 0 Å². The number of anilines is 1. The van der Waals surface area contributed by atoms with Crippen LogP contribution in [0.15, 0.2) is 30.5 Å². The summed E-state index contributed by atoms with van der Waals surface area (Å²) in [4.78, 5) is 26.3. The average molecular weight is 326 g/mol. The van der Waals surface area contributed by atoms with Gasteiger partial charge in [-0.15, -0.1) is 0 Å². The van der Waals surface area contributed by atoms with Crippen LogP contribution in [0.2, 0.25) is 10.0 Å². The molecule has 0 radical (unpaired) electrons. The number of nitro groups is 1. The van der Waals surface area contributed by atoms with Crippen molar-refractivity contribution in [1.29, 1.82) is 0 Å². The van der Waals surface area contributed by atoms with Gasteiger partial charge in [-0.2, -0.15) is 0 Å². The van der Waals surface area contributed by atoms with Crippen LogP contribution in [0.4, 0.5) is 11.5 Å². The number of aryl methyl sites for hydroxylation is 1. The molecule has 0 saturated carbocycles. The number of carbonyl (C=O) groups excluding carboxylic acids is 1. The van der Waals surface area contributed by atoms with Crippen molar-refractivity contribution in [3.05, 3.63) is 61.7 Å². The number of benzene rings is 1. The molecule has 0 spiro atoms. The van der Waals surface area contributed by atoms with Crippen LogP contribution in [0, 0.1) is 17.0 Å². The minimum atomic E-state index is -0.697. The number of carbonyl (C=O) groups is 1. The van der Waals surface area contributed by atoms with E-state index in [-0.39, 0.29) is 15.6 Å². The smallest absolute Gasteiger partial charge is 0.290 e. The van der Waals surface area contributed by atoms with Crippen molar-refractivity contribution in [2.75, 3.05) is 5.32 Å². The number of pyridine rings is 1. The Morgan fingerprint density at radius 2 is 2.10 bits per heavy atom. The molecule has 0 aliphatic carbocycles. The lowest BCUT2D eigenvalue weighted by Gasteiger charge is -2.08. The van der Waals surface area contributed by atoms with Crippen LogP contribution in [0.5, 0.6) is 0 Å². The highest BCUT2D eigenvalue weighted by Gasteiger charge is 2.20. The third-order valence-electron chi connectivity index (χ3n) is 2.71. The molecule has 1 aromatic carbocycles. The summed E-state index contributed by atoms with van der Waals surface area (Å²) in [5, 5.41) is 13.2. The van der Waals surface area contributed by atoms with Gasteiger partial charge in [-0.25, -0.2) is 4.98 Å². The molecule has 0 fully saturated rings. The molecule has 2 rings (SSSR count). The summed E-state index contributed by atoms with van der Waals surface area (Å²) in [5.41, 5.74) is 0.369. The highest BCUT2D eigenvalue weighted by Crippen LogP contribution is 2.33. The van der Waals surface area contributed by atoms with Crippen molar-refractivity contribution >= 4 is 40.6 Å². The highest BCUT2D eigenvalue weighted by atomic mass is 35.5. The van der Waals surface area contributed by atoms with E-state index >= 15 is 0 Å². The number of rotatable bonds is 3. The third-order valence-corrected chi connectivity index (χ3v) is 3.50. The lowest BCUT2D eigenvalue weighted by atomic mass is 10.2. The van der Waals surface area contributed by atoms with E-state index in [1.807, 2.05) is 0 Å². The predicted molar refractivity (Wildman–Crippen MR) is 80.0 cm³/mol. The Kier molecular flexibility index (Phi) is 4.40. The summed E-state index contributed by atoms with van der Waals surface area (Å²) in [5.74, 6) is -0.185. The SMILES string of the molecule is Cc1cccnc1NC(=O)c1cc(Cl)c(Cl)c([N+](=O)[O-])c1. The monoisotopic (exact) mass is 325 g/mol. The first-order chi connectivity index (χ1) is 9.90. The molecule has 1 heterocycles. The van der Waals surface area contributed by atoms with E-state index in [2.05, 4.69) is 10.3 Å². The largest absolute Gasteiger partial charge is 0.306 e. The second-order valence-corrected chi connectivity index (χ2v) is 4.96. The Labute approximate surface area is 129 Å². The molecule has 0 saturated heterocycles. The molecular formula is C13H9Cl2N3O3. The minimum absolute atomic E-state index is 0.0288. The summed E-state index contributed by atoms with van der Waals surface area (Å²) in [6.45, 7) is 1.78. The van der Waals surface area contributed by atoms with Crippen LogP contribution in [0.25, 0.3) is 0 Å². The summed E-state index contributed by atoms with van der Waals surface area (Å²) < 4.78 is 0. The standard InChI is InChI=1S/C13H9Cl2N3O3/c1-7-3-2-4-16-12(7)17-13(19)8-5-9(14)11(15)10(6-8)18(20)21/h2-6H,1H3,(H,16,17,19). The molecule has 0 unspecified atom stereocenters. The van der Waals surface area contributed by atoms with Crippen molar-refractivity contribution in [3.63, 3.8) is 0 Å². The molecule has 21 heavy (non-hydrogen) atoms. The van der Waals surface area contributed by atoms with Crippen molar-refractivity contribution in [1.82, 2.24) is 4.98 Å². The maximum atomic E-state index is 12.1. The van der Waals surface area contributed by atoms with Crippen molar-refractivity contribution in [2.24, 2.45) is 0 Å². The van der Waals surface area contributed by atoms with Gasteiger partial charge in [0.2, 0.25) is 0 Å². The van der Waals surface area contributed by atoms with Crippen LogP contribution >= 0.6 is 23.2 Å². The number of nitro benzene ring substituents is 1. The maximum absolute atomic E-state index is 12.1. The number of hydrogen-bond donors (Lipinski definition) is 1. The van der Waals surface area contributed by atoms with Gasteiger partial charge in [-0.3, -0.25) is 14.9 Å². The number of nitrogens with zero attached hydrogens (tertiary/aromatic N) is 2. The van der Waals surface area contributed by atoms with E-state index in [1.54, 1.807) is 19.1 Å². The van der Waals surface area contributed by atoms with Crippen LogP contribution in [0.1, 0.15) is 15.9 Å². The van der Waals surface area contributed by atoms with E-state index < -0.39 is 16.5 Å². The average Bonchev–Trinajstić information content (AvgIpc) is 2.43. The summed E-state index contributed by atoms with van der Waals surface area (Å²) in [6.07, 6.45) is 1.53. The lowest BCUT2D eigenvalue weighted by Crippen LogP contribution is -2.14. The molecule has 0 aliphatic heterocycles. The summed E-state index contributed by atoms with van der Waals surface area (Å²) >= 11 is 11.5. The molecule has 0 bridgehead atoms. The second kappa shape index (κ2) is 6.07. The van der Waals surface area contributed by atoms with E-state index in [1.165, 1.54) is 12.3 Å². The number of aromatic nitrogens is 1. The zero-order valence-corrected chi connectivity index (χ0v) is 12.3. The third kappa shape index (κ3) is 3.29. The quantitative estimate of drug-likeness (QED) is 0.685. The molecule has 1 amide bonds. The number of hydrogen-bond acceptors (Lipinski definition) is 4. The normalized spacial score (nSPS) is 10.2. The molecule has 6 nitrogen and oxygen atoms in total. The Hall–Kier alpha value is -2.18. The number of nitrogens with one attached hydrogen (secondary N) is 1. The topological polar surface area (TPSA) is 85.1 Å². The Morgan fingerprint density at radius 1 is 1.38 bits per heavy atom. The molecular weight excluding hydrogens is 317 g/mol. The summed E-state index contributed by atoms with van der Waals surface area (Å²) in [7, 11) is 0. The van der Waals surface area contributed by atoms with Crippen LogP contribution in [-0.2, 0) is 0 Å². The van der Waals surface area contributed by atoms with Gasteiger partial charge in [0.05, 0.1) is 9.95 Å². The van der Waals surface area contributed by atoms with Gasteiger partial charge in [0.15, 0.2) is 0 Å². The highest BCUT2D eigenvalue weighted by molar-refractivity contribution is 6.43. The molecule has 0 atom stereocenters. The molecule has 0 aliphatic rings. The first-order valence-electron chi connectivity index (χ1n) is 5.76. The van der Waals surface area contributed by atoms with Gasteiger partial charge < -0.3 is 5.32 Å². The fourth-order valence-corrected chi connectivity index (χ4v) is 2.03. The Balaban J connectivity index is 2.36. The minimum Gasteiger partial charge on any atom is -0.306 e. The molecule has 2 aromatic rings. The molecule has 8 heteroatoms. The van der Waals surface area contributed by atoms with Crippen molar-refractivity contribution in [2.45, 2.75) is 6.92 Å². The second-order valence-electron chi connectivity index (χ2n) is 4.17. The van der Waals surface area contributed by atoms with Gasteiger partial charge in [0, 0.05) is 17.8 Å². The zero-order chi connectivity index (χ0) is 15.6. The van der Waals surface area contributed by atoms with E-state index in [9.17, 15) is 14.9 Å². The zero-order valence-electron chi connectivity index (χ0n) is 10.8. The Morgan fingerprint density at radius 3 is 2.71 bits per heavy atom.